The average molecular weight is 1590 g/mol. The predicted octanol–water partition coefficient (Wildman–Crippen LogP) is 26.3. The molecule has 0 amide bonds. The van der Waals surface area contributed by atoms with E-state index in [9.17, 15) is 43.5 Å². The first kappa shape index (κ1) is 106. The number of aliphatic hydroxyl groups excluding tert-OH is 2. The van der Waals surface area contributed by atoms with E-state index < -0.39 is 91.5 Å². The number of hydrogen-bond acceptors (Lipinski definition) is 14. The zero-order valence-corrected chi connectivity index (χ0v) is 71.4. The molecule has 0 heterocycles. The van der Waals surface area contributed by atoms with Crippen LogP contribution >= 0.6 is 15.6 Å². The fourth-order valence-electron chi connectivity index (χ4n) is 11.4. The SMILES string of the molecule is CC/C=C\C/C=C\C/C=C\C/C=C\C/C=C\C/C=C\CCCCCCCCC(=O)OCC(COP(=O)(O)OCC(O)COP(=O)(O)OCC(O)COC(=O)CCCCCCCCCCCCCCCCCCC/C=C\C/C=C\C/C=C\C/C=C\CCCCC)OC(=O)CCCCCC/C=C\C/C=C\C/C=C\C/C=C\CC. The van der Waals surface area contributed by atoms with Gasteiger partial charge >= 0.3 is 33.6 Å². The summed E-state index contributed by atoms with van der Waals surface area (Å²) in [5.74, 6) is -1.62. The zero-order chi connectivity index (χ0) is 80.8. The highest BCUT2D eigenvalue weighted by Gasteiger charge is 2.29. The van der Waals surface area contributed by atoms with E-state index in [2.05, 4.69) is 191 Å². The van der Waals surface area contributed by atoms with E-state index in [-0.39, 0.29) is 19.3 Å². The van der Waals surface area contributed by atoms with Crippen LogP contribution in [0, 0.1) is 0 Å². The molecule has 0 saturated heterocycles. The molecule has 0 aromatic rings. The van der Waals surface area contributed by atoms with Gasteiger partial charge in [0.05, 0.1) is 26.4 Å². The Balaban J connectivity index is 4.54. The van der Waals surface area contributed by atoms with Crippen molar-refractivity contribution in [3.05, 3.63) is 170 Å². The van der Waals surface area contributed by atoms with Crippen LogP contribution in [0.25, 0.3) is 0 Å². The molecular formula is C93H156O16P2. The molecular weight excluding hydrogens is 1430 g/mol. The molecule has 0 spiro atoms. The number of esters is 3. The minimum atomic E-state index is -4.95. The lowest BCUT2D eigenvalue weighted by Crippen LogP contribution is -2.30. The highest BCUT2D eigenvalue weighted by atomic mass is 31.2. The second-order valence-electron chi connectivity index (χ2n) is 28.6. The van der Waals surface area contributed by atoms with Crippen LogP contribution in [0.1, 0.15) is 342 Å². The van der Waals surface area contributed by atoms with Gasteiger partial charge < -0.3 is 34.2 Å². The molecule has 0 aliphatic rings. The molecule has 111 heavy (non-hydrogen) atoms. The fourth-order valence-corrected chi connectivity index (χ4v) is 13.0. The van der Waals surface area contributed by atoms with E-state index >= 15 is 0 Å². The Bertz CT molecular complexity index is 2700. The van der Waals surface area contributed by atoms with Gasteiger partial charge in [-0.05, 0) is 154 Å². The van der Waals surface area contributed by atoms with E-state index in [1.165, 1.54) is 116 Å². The van der Waals surface area contributed by atoms with Crippen LogP contribution < -0.4 is 0 Å². The smallest absolute Gasteiger partial charge is 0.463 e. The Labute approximate surface area is 675 Å². The van der Waals surface area contributed by atoms with E-state index in [4.69, 9.17) is 32.3 Å². The number of unbranched alkanes of at least 4 members (excludes halogenated alkanes) is 30. The first-order chi connectivity index (χ1) is 54.2. The number of phosphoric acid groups is 2. The summed E-state index contributed by atoms with van der Waals surface area (Å²) in [6.07, 6.45) is 108. The molecule has 0 aromatic carbocycles. The second-order valence-corrected chi connectivity index (χ2v) is 31.5. The Morgan fingerprint density at radius 3 is 0.757 bits per heavy atom. The minimum Gasteiger partial charge on any atom is -0.463 e. The summed E-state index contributed by atoms with van der Waals surface area (Å²) in [5.41, 5.74) is 0. The van der Waals surface area contributed by atoms with E-state index in [1.54, 1.807) is 0 Å². The van der Waals surface area contributed by atoms with Crippen molar-refractivity contribution in [2.75, 3.05) is 39.6 Å². The number of carbonyl (C=O) groups excluding carboxylic acids is 3. The van der Waals surface area contributed by atoms with Gasteiger partial charge in [-0.3, -0.25) is 32.5 Å². The van der Waals surface area contributed by atoms with E-state index in [0.29, 0.717) is 19.3 Å². The summed E-state index contributed by atoms with van der Waals surface area (Å²) in [4.78, 5) is 58.8. The number of phosphoric ester groups is 2. The summed E-state index contributed by atoms with van der Waals surface area (Å²) < 4.78 is 61.3. The molecule has 4 N–H and O–H groups in total. The molecule has 18 heteroatoms. The fraction of sp³-hybridized carbons (Fsp3) is 0.667. The van der Waals surface area contributed by atoms with Gasteiger partial charge in [0, 0.05) is 19.3 Å². The number of rotatable bonds is 81. The summed E-state index contributed by atoms with van der Waals surface area (Å²) in [5, 5.41) is 20.7. The maximum atomic E-state index is 13.0. The molecule has 5 unspecified atom stereocenters. The molecule has 0 aromatic heterocycles. The van der Waals surface area contributed by atoms with Gasteiger partial charge in [-0.15, -0.1) is 0 Å². The van der Waals surface area contributed by atoms with Crippen LogP contribution in [0.5, 0.6) is 0 Å². The summed E-state index contributed by atoms with van der Waals surface area (Å²) in [6.45, 7) is 2.39. The summed E-state index contributed by atoms with van der Waals surface area (Å²) in [7, 11) is -9.82. The number of ether oxygens (including phenoxy) is 3. The normalized spacial score (nSPS) is 14.7. The van der Waals surface area contributed by atoms with Crippen LogP contribution in [-0.2, 0) is 55.8 Å². The Morgan fingerprint density at radius 2 is 0.477 bits per heavy atom. The third kappa shape index (κ3) is 85.6. The van der Waals surface area contributed by atoms with Crippen molar-refractivity contribution in [2.45, 2.75) is 360 Å². The number of hydrogen-bond donors (Lipinski definition) is 4. The van der Waals surface area contributed by atoms with Crippen molar-refractivity contribution in [3.8, 4) is 0 Å². The lowest BCUT2D eigenvalue weighted by molar-refractivity contribution is -0.161. The molecule has 0 bridgehead atoms. The number of aliphatic hydroxyl groups is 2. The molecule has 0 fully saturated rings. The van der Waals surface area contributed by atoms with Crippen molar-refractivity contribution in [1.82, 2.24) is 0 Å². The lowest BCUT2D eigenvalue weighted by atomic mass is 10.0. The molecule has 0 rings (SSSR count). The third-order valence-corrected chi connectivity index (χ3v) is 19.8. The first-order valence-electron chi connectivity index (χ1n) is 43.4. The Hall–Kier alpha value is -5.09. The highest BCUT2D eigenvalue weighted by molar-refractivity contribution is 7.47. The molecule has 0 aliphatic heterocycles. The van der Waals surface area contributed by atoms with Crippen LogP contribution in [-0.4, -0.2) is 95.9 Å². The van der Waals surface area contributed by atoms with E-state index in [1.807, 2.05) is 0 Å². The highest BCUT2D eigenvalue weighted by Crippen LogP contribution is 2.45. The standard InChI is InChI=1S/C93H156O16P2/c1-4-7-10-13-16-19-22-25-28-31-33-35-37-39-40-41-42-43-44-45-46-48-50-51-53-56-58-61-64-67-70-73-76-79-91(96)103-82-88(94)83-105-110(99,100)106-84-89(95)85-107-111(101,102)108-87-90(109-93(98)81-78-75-72-69-66-63-60-55-30-27-24-21-18-15-12-9-6-3)86-104-92(97)80-77-74-71-68-65-62-59-57-54-52-49-47-38-36-34-32-29-26-23-20-17-14-11-8-5-2/h8-9,11-12,16-21,25-30,33-36,39-40,47,49,54,57,60,63,88-90,94-95H,4-7,10,13-15,22-24,31-32,37-38,41-46,48,50-53,55-56,58-59,61-62,64-87H2,1-3H3,(H,99,100)(H,101,102)/b11-8-,12-9-,19-16-,20-17-,21-18-,28-25-,29-26-,30-27-,35-33-,36-34-,40-39-,49-47-,57-54-,63-60-. The van der Waals surface area contributed by atoms with Gasteiger partial charge in [0.1, 0.15) is 25.4 Å². The van der Waals surface area contributed by atoms with Crippen LogP contribution in [0.2, 0.25) is 0 Å². The molecule has 16 nitrogen and oxygen atoms in total. The van der Waals surface area contributed by atoms with Gasteiger partial charge in [0.25, 0.3) is 0 Å². The average Bonchev–Trinajstić information content (AvgIpc) is 0.903. The minimum absolute atomic E-state index is 0.0673. The largest absolute Gasteiger partial charge is 0.472 e. The van der Waals surface area contributed by atoms with Gasteiger partial charge in [-0.2, -0.15) is 0 Å². The van der Waals surface area contributed by atoms with E-state index in [0.717, 1.165) is 167 Å². The van der Waals surface area contributed by atoms with Crippen LogP contribution in [0.15, 0.2) is 170 Å². The molecule has 5 atom stereocenters. The quantitative estimate of drug-likeness (QED) is 0.0146. The van der Waals surface area contributed by atoms with Gasteiger partial charge in [-0.1, -0.05) is 339 Å². The van der Waals surface area contributed by atoms with Crippen LogP contribution in [0.3, 0.4) is 0 Å². The monoisotopic (exact) mass is 1590 g/mol. The topological polar surface area (TPSA) is 231 Å². The van der Waals surface area contributed by atoms with Crippen molar-refractivity contribution in [2.24, 2.45) is 0 Å². The summed E-state index contributed by atoms with van der Waals surface area (Å²) in [6, 6.07) is 0. The molecule has 0 aliphatic carbocycles. The Morgan fingerprint density at radius 1 is 0.261 bits per heavy atom. The van der Waals surface area contributed by atoms with Crippen molar-refractivity contribution >= 4 is 33.6 Å². The maximum absolute atomic E-state index is 13.0. The van der Waals surface area contributed by atoms with Crippen molar-refractivity contribution in [1.29, 1.82) is 0 Å². The first-order valence-corrected chi connectivity index (χ1v) is 46.4. The lowest BCUT2D eigenvalue weighted by Gasteiger charge is -2.21. The molecule has 0 saturated carbocycles. The molecule has 0 radical (unpaired) electrons. The van der Waals surface area contributed by atoms with Crippen molar-refractivity contribution in [3.63, 3.8) is 0 Å². The van der Waals surface area contributed by atoms with Gasteiger partial charge in [-0.25, -0.2) is 9.13 Å². The Kier molecular flexibility index (Phi) is 80.4. The second kappa shape index (κ2) is 84.3. The number of allylic oxidation sites excluding steroid dienone is 28. The van der Waals surface area contributed by atoms with Crippen molar-refractivity contribution < 1.29 is 75.8 Å². The predicted molar refractivity (Wildman–Crippen MR) is 463 cm³/mol. The molecule has 634 valence electrons. The van der Waals surface area contributed by atoms with Gasteiger partial charge in [0.2, 0.25) is 0 Å². The third-order valence-electron chi connectivity index (χ3n) is 17.9. The number of carbonyl (C=O) groups is 3. The zero-order valence-electron chi connectivity index (χ0n) is 69.6. The van der Waals surface area contributed by atoms with Gasteiger partial charge in [0.15, 0.2) is 6.10 Å². The summed E-state index contributed by atoms with van der Waals surface area (Å²) >= 11 is 0. The van der Waals surface area contributed by atoms with Crippen LogP contribution in [0.4, 0.5) is 0 Å². The maximum Gasteiger partial charge on any atom is 0.472 e.